The number of amides is 1. The van der Waals surface area contributed by atoms with Crippen LogP contribution in [0.4, 0.5) is 0 Å². The molecule has 0 saturated carbocycles. The number of rotatable bonds is 5. The van der Waals surface area contributed by atoms with Gasteiger partial charge in [0.2, 0.25) is 5.91 Å². The van der Waals surface area contributed by atoms with Gasteiger partial charge in [-0.15, -0.1) is 0 Å². The van der Waals surface area contributed by atoms with E-state index in [1.165, 1.54) is 0 Å². The summed E-state index contributed by atoms with van der Waals surface area (Å²) in [5.41, 5.74) is 0. The summed E-state index contributed by atoms with van der Waals surface area (Å²) in [6.45, 7) is 0.0488. The number of aliphatic hydroxyl groups excluding tert-OH is 1. The van der Waals surface area contributed by atoms with E-state index in [9.17, 15) is 4.79 Å². The maximum Gasteiger partial charge on any atom is 0.245 e. The number of carbonyl (C=O) groups excluding carboxylic acids is 1. The quantitative estimate of drug-likeness (QED) is 0.792. The Morgan fingerprint density at radius 2 is 2.19 bits per heavy atom. The van der Waals surface area contributed by atoms with Gasteiger partial charge in [0.05, 0.1) is 11.6 Å². The lowest BCUT2D eigenvalue weighted by atomic mass is 10.3. The first-order valence-corrected chi connectivity index (χ1v) is 5.34. The van der Waals surface area contributed by atoms with Crippen LogP contribution in [0.15, 0.2) is 18.2 Å². The lowest BCUT2D eigenvalue weighted by molar-refractivity contribution is -0.123. The fraction of sp³-hybridized carbons (Fsp3) is 0.300. The molecule has 88 valence electrons. The molecule has 0 bridgehead atoms. The second-order valence-electron chi connectivity index (χ2n) is 2.93. The van der Waals surface area contributed by atoms with Gasteiger partial charge in [0.15, 0.2) is 0 Å². The van der Waals surface area contributed by atoms with Gasteiger partial charge in [0.1, 0.15) is 19.0 Å². The molecule has 0 aliphatic rings. The first kappa shape index (κ1) is 13.1. The molecule has 0 spiro atoms. The molecular formula is C10H11Cl2NO3. The minimum atomic E-state index is -0.526. The molecule has 16 heavy (non-hydrogen) atoms. The summed E-state index contributed by atoms with van der Waals surface area (Å²) in [6, 6.07) is 4.89. The Kier molecular flexibility index (Phi) is 5.38. The molecule has 4 nitrogen and oxygen atoms in total. The Hall–Kier alpha value is -0.970. The number of carbonyl (C=O) groups is 1. The number of ether oxygens (including phenoxy) is 1. The fourth-order valence-corrected chi connectivity index (χ4v) is 1.46. The van der Waals surface area contributed by atoms with Gasteiger partial charge in [-0.2, -0.15) is 0 Å². The van der Waals surface area contributed by atoms with E-state index in [0.29, 0.717) is 22.3 Å². The maximum atomic E-state index is 10.7. The summed E-state index contributed by atoms with van der Waals surface area (Å²) in [4.78, 5) is 10.7. The molecule has 1 aromatic carbocycles. The van der Waals surface area contributed by atoms with E-state index in [4.69, 9.17) is 33.0 Å². The van der Waals surface area contributed by atoms with Crippen LogP contribution in [0.2, 0.25) is 10.0 Å². The third kappa shape index (κ3) is 4.26. The van der Waals surface area contributed by atoms with Crippen molar-refractivity contribution in [2.45, 2.75) is 0 Å². The van der Waals surface area contributed by atoms with Crippen LogP contribution in [-0.4, -0.2) is 30.8 Å². The Labute approximate surface area is 103 Å². The molecule has 1 amide bonds. The van der Waals surface area contributed by atoms with Crippen molar-refractivity contribution in [2.24, 2.45) is 0 Å². The van der Waals surface area contributed by atoms with Gasteiger partial charge >= 0.3 is 0 Å². The first-order chi connectivity index (χ1) is 7.63. The predicted molar refractivity (Wildman–Crippen MR) is 62.1 cm³/mol. The number of aliphatic hydroxyl groups is 1. The molecule has 0 aliphatic carbocycles. The van der Waals surface area contributed by atoms with E-state index in [-0.39, 0.29) is 6.61 Å². The Morgan fingerprint density at radius 1 is 1.44 bits per heavy atom. The van der Waals surface area contributed by atoms with Crippen molar-refractivity contribution in [1.82, 2.24) is 5.32 Å². The van der Waals surface area contributed by atoms with Gasteiger partial charge in [0, 0.05) is 5.02 Å². The molecule has 6 heteroatoms. The molecule has 0 heterocycles. The molecule has 0 atom stereocenters. The summed E-state index contributed by atoms with van der Waals surface area (Å²) in [5, 5.41) is 11.8. The van der Waals surface area contributed by atoms with Crippen molar-refractivity contribution in [3.05, 3.63) is 28.2 Å². The minimum absolute atomic E-state index is 0.271. The standard InChI is InChI=1S/C10H11Cl2NO3/c11-7-1-2-9(8(12)5-7)16-4-3-13-10(15)6-14/h1-2,5,14H,3-4,6H2,(H,13,15). The third-order valence-corrected chi connectivity index (χ3v) is 2.25. The van der Waals surface area contributed by atoms with Crippen molar-refractivity contribution < 1.29 is 14.6 Å². The van der Waals surface area contributed by atoms with Gasteiger partial charge in [-0.3, -0.25) is 4.79 Å². The number of hydrogen-bond donors (Lipinski definition) is 2. The van der Waals surface area contributed by atoms with E-state index in [2.05, 4.69) is 5.32 Å². The molecule has 0 aromatic heterocycles. The SMILES string of the molecule is O=C(CO)NCCOc1ccc(Cl)cc1Cl. The highest BCUT2D eigenvalue weighted by atomic mass is 35.5. The first-order valence-electron chi connectivity index (χ1n) is 4.59. The van der Waals surface area contributed by atoms with E-state index in [1.807, 2.05) is 0 Å². The highest BCUT2D eigenvalue weighted by Crippen LogP contribution is 2.27. The molecule has 0 aliphatic heterocycles. The van der Waals surface area contributed by atoms with Crippen molar-refractivity contribution in [3.8, 4) is 5.75 Å². The zero-order valence-corrected chi connectivity index (χ0v) is 9.88. The average Bonchev–Trinajstić information content (AvgIpc) is 2.26. The largest absolute Gasteiger partial charge is 0.490 e. The van der Waals surface area contributed by atoms with Crippen LogP contribution in [0.25, 0.3) is 0 Å². The van der Waals surface area contributed by atoms with Gasteiger partial charge in [-0.05, 0) is 18.2 Å². The van der Waals surface area contributed by atoms with Crippen molar-refractivity contribution in [1.29, 1.82) is 0 Å². The van der Waals surface area contributed by atoms with Crippen LogP contribution in [0, 0.1) is 0 Å². The fourth-order valence-electron chi connectivity index (χ4n) is 1.000. The van der Waals surface area contributed by atoms with Crippen LogP contribution in [0.3, 0.4) is 0 Å². The second kappa shape index (κ2) is 6.58. The Bertz CT molecular complexity index is 371. The molecule has 0 fully saturated rings. The lowest BCUT2D eigenvalue weighted by Crippen LogP contribution is -2.30. The summed E-state index contributed by atoms with van der Waals surface area (Å²) < 4.78 is 5.30. The van der Waals surface area contributed by atoms with Crippen LogP contribution >= 0.6 is 23.2 Å². The molecule has 0 radical (unpaired) electrons. The molecular weight excluding hydrogens is 253 g/mol. The van der Waals surface area contributed by atoms with Gasteiger partial charge < -0.3 is 15.2 Å². The van der Waals surface area contributed by atoms with E-state index < -0.39 is 12.5 Å². The number of benzene rings is 1. The third-order valence-electron chi connectivity index (χ3n) is 1.72. The number of nitrogens with one attached hydrogen (secondary N) is 1. The zero-order valence-electron chi connectivity index (χ0n) is 8.37. The Morgan fingerprint density at radius 3 is 2.81 bits per heavy atom. The number of hydrogen-bond acceptors (Lipinski definition) is 3. The van der Waals surface area contributed by atoms with Gasteiger partial charge in [-0.25, -0.2) is 0 Å². The zero-order chi connectivity index (χ0) is 12.0. The summed E-state index contributed by atoms with van der Waals surface area (Å²) in [7, 11) is 0. The molecule has 0 saturated heterocycles. The van der Waals surface area contributed by atoms with Gasteiger partial charge in [0.25, 0.3) is 0 Å². The van der Waals surface area contributed by atoms with Gasteiger partial charge in [-0.1, -0.05) is 23.2 Å². The summed E-state index contributed by atoms with van der Waals surface area (Å²) in [6.07, 6.45) is 0. The second-order valence-corrected chi connectivity index (χ2v) is 3.77. The lowest BCUT2D eigenvalue weighted by Gasteiger charge is -2.08. The van der Waals surface area contributed by atoms with Crippen molar-refractivity contribution in [3.63, 3.8) is 0 Å². The highest BCUT2D eigenvalue weighted by molar-refractivity contribution is 6.35. The average molecular weight is 264 g/mol. The van der Waals surface area contributed by atoms with Crippen LogP contribution in [0.5, 0.6) is 5.75 Å². The molecule has 2 N–H and O–H groups in total. The predicted octanol–water partition coefficient (Wildman–Crippen LogP) is 1.48. The topological polar surface area (TPSA) is 58.6 Å². The normalized spacial score (nSPS) is 9.94. The van der Waals surface area contributed by atoms with Crippen molar-refractivity contribution in [2.75, 3.05) is 19.8 Å². The van der Waals surface area contributed by atoms with Crippen LogP contribution in [-0.2, 0) is 4.79 Å². The monoisotopic (exact) mass is 263 g/mol. The van der Waals surface area contributed by atoms with E-state index >= 15 is 0 Å². The van der Waals surface area contributed by atoms with Crippen LogP contribution < -0.4 is 10.1 Å². The minimum Gasteiger partial charge on any atom is -0.490 e. The van der Waals surface area contributed by atoms with Crippen molar-refractivity contribution >= 4 is 29.1 Å². The highest BCUT2D eigenvalue weighted by Gasteiger charge is 2.02. The molecule has 0 unspecified atom stereocenters. The van der Waals surface area contributed by atoms with E-state index in [0.717, 1.165) is 0 Å². The smallest absolute Gasteiger partial charge is 0.245 e. The Balaban J connectivity index is 2.35. The summed E-state index contributed by atoms with van der Waals surface area (Å²) >= 11 is 11.6. The maximum absolute atomic E-state index is 10.7. The van der Waals surface area contributed by atoms with Crippen LogP contribution in [0.1, 0.15) is 0 Å². The number of halogens is 2. The molecule has 1 aromatic rings. The van der Waals surface area contributed by atoms with E-state index in [1.54, 1.807) is 18.2 Å². The summed E-state index contributed by atoms with van der Waals surface area (Å²) in [5.74, 6) is 0.0649. The molecule has 1 rings (SSSR count).